The van der Waals surface area contributed by atoms with Gasteiger partial charge in [0.25, 0.3) is 5.95 Å². The van der Waals surface area contributed by atoms with Crippen LogP contribution in [-0.2, 0) is 9.53 Å². The van der Waals surface area contributed by atoms with Crippen molar-refractivity contribution in [1.29, 1.82) is 0 Å². The first-order valence-electron chi connectivity index (χ1n) is 6.29. The minimum absolute atomic E-state index is 0.172. The minimum atomic E-state index is -0.432. The van der Waals surface area contributed by atoms with Gasteiger partial charge in [-0.1, -0.05) is 21.0 Å². The van der Waals surface area contributed by atoms with E-state index in [0.29, 0.717) is 17.9 Å². The molecule has 0 fully saturated rings. The van der Waals surface area contributed by atoms with Gasteiger partial charge in [0.1, 0.15) is 5.75 Å². The van der Waals surface area contributed by atoms with Crippen molar-refractivity contribution >= 4 is 34.1 Å². The molecular weight excluding hydrogens is 356 g/mol. The number of hydrazone groups is 1. The van der Waals surface area contributed by atoms with E-state index in [-0.39, 0.29) is 12.6 Å². The number of carbonyl (C=O) groups is 1. The highest BCUT2D eigenvalue weighted by molar-refractivity contribution is 9.10. The Morgan fingerprint density at radius 3 is 3.14 bits per heavy atom. The lowest BCUT2D eigenvalue weighted by atomic mass is 10.2. The maximum Gasteiger partial charge on any atom is 0.344 e. The second-order valence-corrected chi connectivity index (χ2v) is 4.80. The molecule has 0 atom stereocenters. The number of ether oxygens (including phenoxy) is 2. The van der Waals surface area contributed by atoms with Gasteiger partial charge >= 0.3 is 5.97 Å². The highest BCUT2D eigenvalue weighted by Gasteiger charge is 2.07. The molecule has 0 unspecified atom stereocenters. The molecule has 2 aromatic rings. The molecule has 1 heterocycles. The maximum atomic E-state index is 11.3. The van der Waals surface area contributed by atoms with Gasteiger partial charge in [-0.15, -0.1) is 5.10 Å². The van der Waals surface area contributed by atoms with Crippen LogP contribution in [-0.4, -0.2) is 46.0 Å². The highest BCUT2D eigenvalue weighted by Crippen LogP contribution is 2.21. The average Bonchev–Trinajstić information content (AvgIpc) is 3.00. The molecule has 9 nitrogen and oxygen atoms in total. The second kappa shape index (κ2) is 8.08. The van der Waals surface area contributed by atoms with Crippen LogP contribution in [0.2, 0.25) is 0 Å². The number of hydrogen-bond acceptors (Lipinski definition) is 8. The summed E-state index contributed by atoms with van der Waals surface area (Å²) >= 11 is 3.36. The Morgan fingerprint density at radius 2 is 2.41 bits per heavy atom. The smallest absolute Gasteiger partial charge is 0.344 e. The first-order chi connectivity index (χ1) is 10.7. The summed E-state index contributed by atoms with van der Waals surface area (Å²) in [5, 5.41) is 17.0. The van der Waals surface area contributed by atoms with Crippen LogP contribution in [0, 0.1) is 0 Å². The molecule has 22 heavy (non-hydrogen) atoms. The van der Waals surface area contributed by atoms with E-state index in [1.807, 2.05) is 0 Å². The quantitative estimate of drug-likeness (QED) is 0.430. The van der Waals surface area contributed by atoms with Gasteiger partial charge in [0.2, 0.25) is 0 Å². The summed E-state index contributed by atoms with van der Waals surface area (Å²) in [6.07, 6.45) is 1.52. The number of hydrogen-bond donors (Lipinski definition) is 2. The average molecular weight is 369 g/mol. The molecule has 0 spiro atoms. The van der Waals surface area contributed by atoms with Crippen LogP contribution in [0.15, 0.2) is 27.8 Å². The summed E-state index contributed by atoms with van der Waals surface area (Å²) in [5.41, 5.74) is 3.26. The largest absolute Gasteiger partial charge is 0.481 e. The van der Waals surface area contributed by atoms with Crippen LogP contribution in [0.3, 0.4) is 0 Å². The number of halogens is 1. The highest BCUT2D eigenvalue weighted by atomic mass is 79.9. The Bertz CT molecular complexity index is 646. The predicted molar refractivity (Wildman–Crippen MR) is 81.7 cm³/mol. The Kier molecular flexibility index (Phi) is 5.83. The van der Waals surface area contributed by atoms with E-state index < -0.39 is 5.97 Å². The molecule has 0 radical (unpaired) electrons. The van der Waals surface area contributed by atoms with E-state index in [2.05, 4.69) is 47.1 Å². The van der Waals surface area contributed by atoms with Crippen LogP contribution in [0.1, 0.15) is 12.5 Å². The monoisotopic (exact) mass is 368 g/mol. The summed E-state index contributed by atoms with van der Waals surface area (Å²) < 4.78 is 11.1. The molecule has 0 amide bonds. The Hall–Kier alpha value is -2.49. The van der Waals surface area contributed by atoms with Gasteiger partial charge in [-0.25, -0.2) is 10.2 Å². The molecule has 0 saturated heterocycles. The van der Waals surface area contributed by atoms with E-state index in [9.17, 15) is 4.79 Å². The SMILES string of the molecule is CCOC(=O)COc1ccc(Br)cc1/C=N\Nc1nn[nH]n1. The molecule has 0 aliphatic carbocycles. The van der Waals surface area contributed by atoms with Crippen molar-refractivity contribution in [3.63, 3.8) is 0 Å². The van der Waals surface area contributed by atoms with Gasteiger partial charge in [-0.2, -0.15) is 10.3 Å². The summed E-state index contributed by atoms with van der Waals surface area (Å²) in [6, 6.07) is 5.31. The number of anilines is 1. The molecule has 0 aliphatic rings. The second-order valence-electron chi connectivity index (χ2n) is 3.88. The summed E-state index contributed by atoms with van der Waals surface area (Å²) in [7, 11) is 0. The predicted octanol–water partition coefficient (Wildman–Crippen LogP) is 1.35. The molecule has 0 bridgehead atoms. The molecular formula is C12H13BrN6O3. The number of benzene rings is 1. The molecule has 2 N–H and O–H groups in total. The number of nitrogens with zero attached hydrogens (tertiary/aromatic N) is 4. The van der Waals surface area contributed by atoms with Crippen LogP contribution in [0.25, 0.3) is 0 Å². The third kappa shape index (κ3) is 4.81. The Balaban J connectivity index is 2.03. The molecule has 1 aromatic carbocycles. The van der Waals surface area contributed by atoms with Crippen molar-refractivity contribution in [2.45, 2.75) is 6.92 Å². The van der Waals surface area contributed by atoms with Gasteiger partial charge in [0, 0.05) is 10.0 Å². The standard InChI is InChI=1S/C12H13BrN6O3/c1-2-21-11(20)7-22-10-4-3-9(13)5-8(10)6-14-15-12-16-18-19-17-12/h3-6H,2,7H2,1H3,(H2,15,16,17,18,19)/b14-6-. The lowest BCUT2D eigenvalue weighted by Gasteiger charge is -2.08. The van der Waals surface area contributed by atoms with Crippen LogP contribution in [0.4, 0.5) is 5.95 Å². The Morgan fingerprint density at radius 1 is 1.55 bits per heavy atom. The Labute approximate surface area is 134 Å². The fourth-order valence-corrected chi connectivity index (χ4v) is 1.84. The summed E-state index contributed by atoms with van der Waals surface area (Å²) in [4.78, 5) is 11.3. The van der Waals surface area contributed by atoms with Crippen molar-refractivity contribution in [3.8, 4) is 5.75 Å². The molecule has 116 valence electrons. The first kappa shape index (κ1) is 15.9. The maximum absolute atomic E-state index is 11.3. The molecule has 2 rings (SSSR count). The van der Waals surface area contributed by atoms with E-state index in [1.54, 1.807) is 25.1 Å². The van der Waals surface area contributed by atoms with Crippen molar-refractivity contribution in [3.05, 3.63) is 28.2 Å². The van der Waals surface area contributed by atoms with Gasteiger partial charge in [-0.3, -0.25) is 0 Å². The lowest BCUT2D eigenvalue weighted by molar-refractivity contribution is -0.145. The van der Waals surface area contributed by atoms with Crippen molar-refractivity contribution < 1.29 is 14.3 Å². The zero-order valence-corrected chi connectivity index (χ0v) is 13.2. The van der Waals surface area contributed by atoms with E-state index >= 15 is 0 Å². The third-order valence-corrected chi connectivity index (χ3v) is 2.83. The van der Waals surface area contributed by atoms with E-state index in [4.69, 9.17) is 9.47 Å². The number of aromatic nitrogens is 4. The number of aromatic amines is 1. The molecule has 10 heteroatoms. The number of esters is 1. The van der Waals surface area contributed by atoms with Gasteiger partial charge in [-0.05, 0) is 30.3 Å². The van der Waals surface area contributed by atoms with Crippen molar-refractivity contribution in [2.75, 3.05) is 18.6 Å². The van der Waals surface area contributed by atoms with Crippen LogP contribution in [0.5, 0.6) is 5.75 Å². The summed E-state index contributed by atoms with van der Waals surface area (Å²) in [6.45, 7) is 1.87. The van der Waals surface area contributed by atoms with E-state index in [0.717, 1.165) is 4.47 Å². The van der Waals surface area contributed by atoms with Crippen molar-refractivity contribution in [1.82, 2.24) is 20.6 Å². The number of tetrazole rings is 1. The molecule has 0 aliphatic heterocycles. The summed E-state index contributed by atoms with van der Waals surface area (Å²) in [5.74, 6) is 0.299. The molecule has 1 aromatic heterocycles. The normalized spacial score (nSPS) is 10.6. The van der Waals surface area contributed by atoms with E-state index in [1.165, 1.54) is 6.21 Å². The van der Waals surface area contributed by atoms with Crippen LogP contribution >= 0.6 is 15.9 Å². The number of nitrogens with one attached hydrogen (secondary N) is 2. The van der Waals surface area contributed by atoms with Gasteiger partial charge < -0.3 is 9.47 Å². The number of rotatable bonds is 7. The fraction of sp³-hybridized carbons (Fsp3) is 0.250. The third-order valence-electron chi connectivity index (χ3n) is 2.34. The van der Waals surface area contributed by atoms with Crippen molar-refractivity contribution in [2.24, 2.45) is 5.10 Å². The lowest BCUT2D eigenvalue weighted by Crippen LogP contribution is -2.15. The van der Waals surface area contributed by atoms with Crippen LogP contribution < -0.4 is 10.2 Å². The zero-order chi connectivity index (χ0) is 15.8. The minimum Gasteiger partial charge on any atom is -0.481 e. The fourth-order valence-electron chi connectivity index (χ4n) is 1.46. The zero-order valence-electron chi connectivity index (χ0n) is 11.6. The van der Waals surface area contributed by atoms with Gasteiger partial charge in [0.15, 0.2) is 6.61 Å². The first-order valence-corrected chi connectivity index (χ1v) is 7.09. The molecule has 0 saturated carbocycles. The van der Waals surface area contributed by atoms with Gasteiger partial charge in [0.05, 0.1) is 12.8 Å². The number of H-pyrrole nitrogens is 1. The topological polar surface area (TPSA) is 114 Å². The number of carbonyl (C=O) groups excluding carboxylic acids is 1.